The molecule has 0 spiro atoms. The molecule has 1 amide bonds. The molecule has 2 atom stereocenters. The fraction of sp³-hybridized carbons (Fsp3) is 0.923. The number of nitrogens with zero attached hydrogens (tertiary/aromatic N) is 1. The molecule has 4 heteroatoms. The number of hydrogen-bond acceptors (Lipinski definition) is 3. The smallest absolute Gasteiger partial charge is 0.240 e. The molecule has 1 saturated carbocycles. The van der Waals surface area contributed by atoms with Crippen LogP contribution >= 0.6 is 11.8 Å². The van der Waals surface area contributed by atoms with Crippen LogP contribution in [-0.4, -0.2) is 47.0 Å². The van der Waals surface area contributed by atoms with Crippen molar-refractivity contribution >= 4 is 17.7 Å². The van der Waals surface area contributed by atoms with Gasteiger partial charge in [0.05, 0.1) is 6.04 Å². The van der Waals surface area contributed by atoms with E-state index in [9.17, 15) is 4.79 Å². The lowest BCUT2D eigenvalue weighted by atomic mass is 10.0. The summed E-state index contributed by atoms with van der Waals surface area (Å²) in [4.78, 5) is 14.9. The van der Waals surface area contributed by atoms with Gasteiger partial charge in [-0.25, -0.2) is 0 Å². The van der Waals surface area contributed by atoms with E-state index in [1.165, 1.54) is 37.9 Å². The van der Waals surface area contributed by atoms with Crippen LogP contribution in [0, 0.1) is 0 Å². The fourth-order valence-electron chi connectivity index (χ4n) is 2.99. The average molecular weight is 254 g/mol. The van der Waals surface area contributed by atoms with Gasteiger partial charge in [-0.1, -0.05) is 6.42 Å². The quantitative estimate of drug-likeness (QED) is 0.831. The molecule has 3 fully saturated rings. The van der Waals surface area contributed by atoms with E-state index in [1.807, 2.05) is 11.8 Å². The van der Waals surface area contributed by atoms with Crippen molar-refractivity contribution in [3.05, 3.63) is 0 Å². The number of nitrogens with one attached hydrogen (secondary N) is 1. The van der Waals surface area contributed by atoms with Gasteiger partial charge in [0.15, 0.2) is 0 Å². The van der Waals surface area contributed by atoms with E-state index in [2.05, 4.69) is 10.2 Å². The standard InChI is InChI=1S/C13H22N2OS/c16-13(12-3-1-2-7-14-12)15(10-4-5-10)11-6-8-17-9-11/h10-12,14H,1-9H2/t11-,12-/m1/s1. The van der Waals surface area contributed by atoms with Gasteiger partial charge in [0.25, 0.3) is 0 Å². The number of piperidine rings is 1. The Balaban J connectivity index is 1.66. The third kappa shape index (κ3) is 2.63. The van der Waals surface area contributed by atoms with Crippen LogP contribution in [0.2, 0.25) is 0 Å². The predicted octanol–water partition coefficient (Wildman–Crippen LogP) is 1.62. The molecule has 0 radical (unpaired) electrons. The third-order valence-corrected chi connectivity index (χ3v) is 5.25. The molecule has 0 unspecified atom stereocenters. The first-order valence-electron chi connectivity index (χ1n) is 6.99. The van der Waals surface area contributed by atoms with Gasteiger partial charge in [0.2, 0.25) is 5.91 Å². The van der Waals surface area contributed by atoms with E-state index in [0.717, 1.165) is 18.7 Å². The molecule has 1 aliphatic carbocycles. The Morgan fingerprint density at radius 1 is 1.12 bits per heavy atom. The molecule has 0 bridgehead atoms. The van der Waals surface area contributed by atoms with Gasteiger partial charge in [-0.05, 0) is 44.4 Å². The molecule has 2 heterocycles. The lowest BCUT2D eigenvalue weighted by molar-refractivity contribution is -0.136. The van der Waals surface area contributed by atoms with E-state index in [-0.39, 0.29) is 6.04 Å². The molecule has 3 nitrogen and oxygen atoms in total. The maximum atomic E-state index is 12.6. The van der Waals surface area contributed by atoms with E-state index in [1.54, 1.807) is 0 Å². The normalized spacial score (nSPS) is 33.6. The summed E-state index contributed by atoms with van der Waals surface area (Å²) in [6.45, 7) is 1.02. The van der Waals surface area contributed by atoms with Gasteiger partial charge >= 0.3 is 0 Å². The lowest BCUT2D eigenvalue weighted by Crippen LogP contribution is -2.52. The van der Waals surface area contributed by atoms with Crippen LogP contribution in [0.5, 0.6) is 0 Å². The van der Waals surface area contributed by atoms with Crippen LogP contribution in [0.15, 0.2) is 0 Å². The molecular weight excluding hydrogens is 232 g/mol. The summed E-state index contributed by atoms with van der Waals surface area (Å²) in [5.41, 5.74) is 0. The molecule has 1 N–H and O–H groups in total. The van der Waals surface area contributed by atoms with Crippen molar-refractivity contribution < 1.29 is 4.79 Å². The largest absolute Gasteiger partial charge is 0.335 e. The first-order valence-corrected chi connectivity index (χ1v) is 8.15. The second kappa shape index (κ2) is 5.19. The highest BCUT2D eigenvalue weighted by Crippen LogP contribution is 2.34. The Kier molecular flexibility index (Phi) is 3.61. The number of carbonyl (C=O) groups excluding carboxylic acids is 1. The van der Waals surface area contributed by atoms with Crippen LogP contribution in [0.3, 0.4) is 0 Å². The van der Waals surface area contributed by atoms with Crippen molar-refractivity contribution in [2.75, 3.05) is 18.1 Å². The Morgan fingerprint density at radius 3 is 2.59 bits per heavy atom. The predicted molar refractivity (Wildman–Crippen MR) is 71.2 cm³/mol. The monoisotopic (exact) mass is 254 g/mol. The van der Waals surface area contributed by atoms with Crippen LogP contribution in [0.25, 0.3) is 0 Å². The Bertz CT molecular complexity index is 281. The third-order valence-electron chi connectivity index (χ3n) is 4.10. The van der Waals surface area contributed by atoms with Gasteiger partial charge in [-0.2, -0.15) is 11.8 Å². The van der Waals surface area contributed by atoms with E-state index in [4.69, 9.17) is 0 Å². The van der Waals surface area contributed by atoms with Gasteiger partial charge in [0.1, 0.15) is 0 Å². The van der Waals surface area contributed by atoms with E-state index < -0.39 is 0 Å². The van der Waals surface area contributed by atoms with Crippen molar-refractivity contribution in [2.24, 2.45) is 0 Å². The molecule has 2 aliphatic heterocycles. The number of amides is 1. The molecule has 0 aromatic rings. The summed E-state index contributed by atoms with van der Waals surface area (Å²) < 4.78 is 0. The fourth-order valence-corrected chi connectivity index (χ4v) is 4.20. The minimum Gasteiger partial charge on any atom is -0.335 e. The highest BCUT2D eigenvalue weighted by atomic mass is 32.2. The molecule has 0 aromatic carbocycles. The molecule has 96 valence electrons. The summed E-state index contributed by atoms with van der Waals surface area (Å²) in [6, 6.07) is 1.23. The number of rotatable bonds is 3. The minimum absolute atomic E-state index is 0.120. The summed E-state index contributed by atoms with van der Waals surface area (Å²) >= 11 is 2.01. The Hall–Kier alpha value is -0.220. The van der Waals surface area contributed by atoms with Gasteiger partial charge in [0, 0.05) is 17.8 Å². The van der Waals surface area contributed by atoms with Crippen molar-refractivity contribution in [1.82, 2.24) is 10.2 Å². The average Bonchev–Trinajstić information content (AvgIpc) is 3.05. The summed E-state index contributed by atoms with van der Waals surface area (Å²) in [5.74, 6) is 2.80. The second-order valence-corrected chi connectivity index (χ2v) is 6.65. The topological polar surface area (TPSA) is 32.3 Å². The van der Waals surface area contributed by atoms with Crippen molar-refractivity contribution in [2.45, 2.75) is 56.7 Å². The van der Waals surface area contributed by atoms with Gasteiger partial charge < -0.3 is 10.2 Å². The van der Waals surface area contributed by atoms with Crippen molar-refractivity contribution in [3.63, 3.8) is 0 Å². The number of hydrogen-bond donors (Lipinski definition) is 1. The zero-order valence-corrected chi connectivity index (χ0v) is 11.2. The Morgan fingerprint density at radius 2 is 2.00 bits per heavy atom. The summed E-state index contributed by atoms with van der Waals surface area (Å²) in [7, 11) is 0. The first kappa shape index (κ1) is 11.8. The molecule has 17 heavy (non-hydrogen) atoms. The molecule has 3 aliphatic rings. The molecule has 0 aromatic heterocycles. The maximum Gasteiger partial charge on any atom is 0.240 e. The van der Waals surface area contributed by atoms with Gasteiger partial charge in [-0.15, -0.1) is 0 Å². The first-order chi connectivity index (χ1) is 8.36. The molecule has 2 saturated heterocycles. The zero-order chi connectivity index (χ0) is 11.7. The van der Waals surface area contributed by atoms with Crippen LogP contribution < -0.4 is 5.32 Å². The Labute approximate surface area is 108 Å². The molecular formula is C13H22N2OS. The summed E-state index contributed by atoms with van der Waals surface area (Å²) in [5, 5.41) is 3.41. The SMILES string of the molecule is O=C([C@H]1CCCCN1)N(C1CC1)[C@@H]1CCSC1. The van der Waals surface area contributed by atoms with Gasteiger partial charge in [-0.3, -0.25) is 4.79 Å². The number of carbonyl (C=O) groups is 1. The van der Waals surface area contributed by atoms with E-state index >= 15 is 0 Å². The van der Waals surface area contributed by atoms with Crippen molar-refractivity contribution in [1.29, 1.82) is 0 Å². The summed E-state index contributed by atoms with van der Waals surface area (Å²) in [6.07, 6.45) is 7.16. The zero-order valence-electron chi connectivity index (χ0n) is 10.4. The van der Waals surface area contributed by atoms with Crippen molar-refractivity contribution in [3.8, 4) is 0 Å². The van der Waals surface area contributed by atoms with Crippen LogP contribution in [0.1, 0.15) is 38.5 Å². The highest BCUT2D eigenvalue weighted by Gasteiger charge is 2.40. The minimum atomic E-state index is 0.120. The highest BCUT2D eigenvalue weighted by molar-refractivity contribution is 7.99. The second-order valence-electron chi connectivity index (χ2n) is 5.50. The van der Waals surface area contributed by atoms with Crippen LogP contribution in [0.4, 0.5) is 0 Å². The maximum absolute atomic E-state index is 12.6. The lowest BCUT2D eigenvalue weighted by Gasteiger charge is -2.34. The van der Waals surface area contributed by atoms with E-state index in [0.29, 0.717) is 18.0 Å². The number of thioether (sulfide) groups is 1. The van der Waals surface area contributed by atoms with Crippen LogP contribution in [-0.2, 0) is 4.79 Å². The molecule has 3 rings (SSSR count).